The maximum Gasteiger partial charge on any atom is 0.358 e. The third-order valence-corrected chi connectivity index (χ3v) is 3.42. The number of aromatic carboxylic acids is 1. The molecule has 0 saturated heterocycles. The summed E-state index contributed by atoms with van der Waals surface area (Å²) in [6, 6.07) is 0.493. The number of hydrogen-bond donors (Lipinski definition) is 1. The Morgan fingerprint density at radius 1 is 1.71 bits per heavy atom. The van der Waals surface area contributed by atoms with E-state index < -0.39 is 5.97 Å². The van der Waals surface area contributed by atoms with Gasteiger partial charge in [0.15, 0.2) is 5.69 Å². The second-order valence-electron chi connectivity index (χ2n) is 3.96. The molecule has 1 heterocycles. The number of rotatable bonds is 7. The lowest BCUT2D eigenvalue weighted by molar-refractivity contribution is 0.0690. The van der Waals surface area contributed by atoms with Crippen molar-refractivity contribution >= 4 is 17.7 Å². The van der Waals surface area contributed by atoms with E-state index in [-0.39, 0.29) is 5.69 Å². The van der Waals surface area contributed by atoms with E-state index in [1.807, 2.05) is 11.8 Å². The van der Waals surface area contributed by atoms with Crippen LogP contribution in [0.5, 0.6) is 0 Å². The summed E-state index contributed by atoms with van der Waals surface area (Å²) >= 11 is 1.81. The van der Waals surface area contributed by atoms with E-state index >= 15 is 0 Å². The standard InChI is InChI=1S/C10H18N4O2S/c1-8(7-17-3)13(2)4-5-14-6-9(10(15)16)11-12-14/h6,8H,4-5,7H2,1-3H3,(H,15,16). The molecular weight excluding hydrogens is 240 g/mol. The SMILES string of the molecule is CSCC(C)N(C)CCn1cc(C(=O)O)nn1. The predicted octanol–water partition coefficient (Wildman–Crippen LogP) is 0.660. The molecule has 1 aromatic rings. The predicted molar refractivity (Wildman–Crippen MR) is 67.5 cm³/mol. The number of aromatic nitrogens is 3. The molecule has 0 bridgehead atoms. The molecule has 0 aliphatic carbocycles. The van der Waals surface area contributed by atoms with Crippen LogP contribution in [0.3, 0.4) is 0 Å². The van der Waals surface area contributed by atoms with E-state index in [2.05, 4.69) is 35.4 Å². The molecule has 0 aliphatic rings. The van der Waals surface area contributed by atoms with Gasteiger partial charge in [-0.3, -0.25) is 4.68 Å². The Morgan fingerprint density at radius 3 is 2.94 bits per heavy atom. The summed E-state index contributed by atoms with van der Waals surface area (Å²) in [4.78, 5) is 12.8. The molecular formula is C10H18N4O2S. The zero-order valence-electron chi connectivity index (χ0n) is 10.3. The first-order valence-electron chi connectivity index (χ1n) is 5.37. The van der Waals surface area contributed by atoms with E-state index in [0.29, 0.717) is 12.6 Å². The van der Waals surface area contributed by atoms with Gasteiger partial charge in [-0.25, -0.2) is 4.79 Å². The first-order valence-corrected chi connectivity index (χ1v) is 6.76. The molecule has 7 heteroatoms. The fraction of sp³-hybridized carbons (Fsp3) is 0.700. The van der Waals surface area contributed by atoms with Crippen molar-refractivity contribution in [2.24, 2.45) is 0 Å². The Labute approximate surface area is 105 Å². The quantitative estimate of drug-likeness (QED) is 0.774. The minimum absolute atomic E-state index is 0.00943. The molecule has 6 nitrogen and oxygen atoms in total. The fourth-order valence-corrected chi connectivity index (χ4v) is 2.09. The van der Waals surface area contributed by atoms with Gasteiger partial charge in [0.1, 0.15) is 0 Å². The number of hydrogen-bond acceptors (Lipinski definition) is 5. The number of likely N-dealkylation sites (N-methyl/N-ethyl adjacent to an activating group) is 1. The van der Waals surface area contributed by atoms with Crippen molar-refractivity contribution in [1.82, 2.24) is 19.9 Å². The minimum Gasteiger partial charge on any atom is -0.476 e. The van der Waals surface area contributed by atoms with Gasteiger partial charge in [0.2, 0.25) is 0 Å². The number of nitrogens with zero attached hydrogens (tertiary/aromatic N) is 4. The lowest BCUT2D eigenvalue weighted by Gasteiger charge is -2.23. The highest BCUT2D eigenvalue weighted by molar-refractivity contribution is 7.98. The highest BCUT2D eigenvalue weighted by atomic mass is 32.2. The highest BCUT2D eigenvalue weighted by Crippen LogP contribution is 2.03. The molecule has 0 aliphatic heterocycles. The monoisotopic (exact) mass is 258 g/mol. The van der Waals surface area contributed by atoms with Crippen LogP contribution in [0.25, 0.3) is 0 Å². The molecule has 0 saturated carbocycles. The second-order valence-corrected chi connectivity index (χ2v) is 4.87. The summed E-state index contributed by atoms with van der Waals surface area (Å²) in [6.07, 6.45) is 3.54. The average Bonchev–Trinajstić information content (AvgIpc) is 2.75. The average molecular weight is 258 g/mol. The second kappa shape index (κ2) is 6.61. The van der Waals surface area contributed by atoms with Crippen LogP contribution in [-0.2, 0) is 6.54 Å². The Hall–Kier alpha value is -1.08. The summed E-state index contributed by atoms with van der Waals surface area (Å²) in [5.41, 5.74) is -0.00943. The summed E-state index contributed by atoms with van der Waals surface area (Å²) in [5.74, 6) is 0.0363. The van der Waals surface area contributed by atoms with Crippen molar-refractivity contribution in [2.75, 3.05) is 25.6 Å². The minimum atomic E-state index is -1.04. The van der Waals surface area contributed by atoms with Crippen molar-refractivity contribution in [3.63, 3.8) is 0 Å². The molecule has 0 aromatic carbocycles. The molecule has 1 aromatic heterocycles. The van der Waals surface area contributed by atoms with Crippen LogP contribution >= 0.6 is 11.8 Å². The maximum atomic E-state index is 10.6. The van der Waals surface area contributed by atoms with Crippen molar-refractivity contribution in [1.29, 1.82) is 0 Å². The Morgan fingerprint density at radius 2 is 2.41 bits per heavy atom. The largest absolute Gasteiger partial charge is 0.476 e. The highest BCUT2D eigenvalue weighted by Gasteiger charge is 2.10. The van der Waals surface area contributed by atoms with Crippen LogP contribution in [0.15, 0.2) is 6.20 Å². The summed E-state index contributed by atoms with van der Waals surface area (Å²) in [7, 11) is 2.05. The number of carboxylic acid groups (broad SMARTS) is 1. The molecule has 0 radical (unpaired) electrons. The molecule has 0 amide bonds. The zero-order chi connectivity index (χ0) is 12.8. The smallest absolute Gasteiger partial charge is 0.358 e. The molecule has 17 heavy (non-hydrogen) atoms. The Kier molecular flexibility index (Phi) is 5.43. The van der Waals surface area contributed by atoms with Gasteiger partial charge in [0.25, 0.3) is 0 Å². The van der Waals surface area contributed by atoms with Crippen molar-refractivity contribution in [3.8, 4) is 0 Å². The zero-order valence-corrected chi connectivity index (χ0v) is 11.1. The van der Waals surface area contributed by atoms with E-state index in [0.717, 1.165) is 12.3 Å². The summed E-state index contributed by atoms with van der Waals surface area (Å²) in [5, 5.41) is 16.0. The molecule has 1 unspecified atom stereocenters. The summed E-state index contributed by atoms with van der Waals surface area (Å²) < 4.78 is 1.56. The number of carbonyl (C=O) groups is 1. The van der Waals surface area contributed by atoms with E-state index in [1.165, 1.54) is 6.20 Å². The molecule has 0 fully saturated rings. The van der Waals surface area contributed by atoms with Gasteiger partial charge >= 0.3 is 5.97 Å². The van der Waals surface area contributed by atoms with E-state index in [1.54, 1.807) is 4.68 Å². The first kappa shape index (κ1) is 14.0. The first-order chi connectivity index (χ1) is 8.04. The van der Waals surface area contributed by atoms with Crippen LogP contribution in [0.4, 0.5) is 0 Å². The van der Waals surface area contributed by atoms with Crippen LogP contribution in [0.2, 0.25) is 0 Å². The van der Waals surface area contributed by atoms with Crippen LogP contribution in [0, 0.1) is 0 Å². The van der Waals surface area contributed by atoms with Gasteiger partial charge in [-0.2, -0.15) is 11.8 Å². The van der Waals surface area contributed by atoms with Gasteiger partial charge in [-0.1, -0.05) is 5.21 Å². The third-order valence-electron chi connectivity index (χ3n) is 2.60. The maximum absolute atomic E-state index is 10.6. The molecule has 1 N–H and O–H groups in total. The van der Waals surface area contributed by atoms with Crippen molar-refractivity contribution < 1.29 is 9.90 Å². The van der Waals surface area contributed by atoms with Crippen molar-refractivity contribution in [3.05, 3.63) is 11.9 Å². The van der Waals surface area contributed by atoms with Gasteiger partial charge < -0.3 is 10.0 Å². The Balaban J connectivity index is 2.41. The molecule has 1 atom stereocenters. The molecule has 96 valence electrons. The molecule has 0 spiro atoms. The third kappa shape index (κ3) is 4.35. The lowest BCUT2D eigenvalue weighted by atomic mass is 10.3. The van der Waals surface area contributed by atoms with Gasteiger partial charge in [-0.05, 0) is 20.2 Å². The van der Waals surface area contributed by atoms with E-state index in [9.17, 15) is 4.79 Å². The fourth-order valence-electron chi connectivity index (χ4n) is 1.35. The van der Waals surface area contributed by atoms with E-state index in [4.69, 9.17) is 5.11 Å². The Bertz CT molecular complexity index is 369. The van der Waals surface area contributed by atoms with Gasteiger partial charge in [0, 0.05) is 18.3 Å². The topological polar surface area (TPSA) is 71.2 Å². The number of thioether (sulfide) groups is 1. The normalized spacial score (nSPS) is 12.9. The lowest BCUT2D eigenvalue weighted by Crippen LogP contribution is -2.33. The summed E-state index contributed by atoms with van der Waals surface area (Å²) in [6.45, 7) is 3.64. The number of carboxylic acids is 1. The van der Waals surface area contributed by atoms with Crippen LogP contribution in [-0.4, -0.2) is 62.6 Å². The van der Waals surface area contributed by atoms with Gasteiger partial charge in [0.05, 0.1) is 12.7 Å². The van der Waals surface area contributed by atoms with Crippen LogP contribution < -0.4 is 0 Å². The van der Waals surface area contributed by atoms with Crippen LogP contribution in [0.1, 0.15) is 17.4 Å². The van der Waals surface area contributed by atoms with Gasteiger partial charge in [-0.15, -0.1) is 5.10 Å². The van der Waals surface area contributed by atoms with Crippen molar-refractivity contribution in [2.45, 2.75) is 19.5 Å². The molecule has 1 rings (SSSR count).